The smallest absolute Gasteiger partial charge is 0.148 e. The molecule has 2 aromatic heterocycles. The summed E-state index contributed by atoms with van der Waals surface area (Å²) in [6.45, 7) is 2.06. The topological polar surface area (TPSA) is 66.5 Å². The molecule has 2 heterocycles. The molecule has 0 aliphatic heterocycles. The van der Waals surface area contributed by atoms with Crippen molar-refractivity contribution in [2.24, 2.45) is 0 Å². The van der Waals surface area contributed by atoms with E-state index in [1.165, 1.54) is 6.33 Å². The summed E-state index contributed by atoms with van der Waals surface area (Å²) in [4.78, 5) is 15.2. The lowest BCUT2D eigenvalue weighted by atomic mass is 10.2. The number of hydrogen-bond donors (Lipinski definition) is 2. The summed E-state index contributed by atoms with van der Waals surface area (Å²) in [6, 6.07) is 0.0717. The Labute approximate surface area is 98.3 Å². The highest BCUT2D eigenvalue weighted by molar-refractivity contribution is 6.32. The molecular weight excluding hydrogens is 226 g/mol. The van der Waals surface area contributed by atoms with Crippen LogP contribution in [-0.4, -0.2) is 19.9 Å². The fourth-order valence-corrected chi connectivity index (χ4v) is 1.58. The Bertz CT molecular complexity index is 442. The minimum absolute atomic E-state index is 0.0717. The first kappa shape index (κ1) is 10.9. The van der Waals surface area contributed by atoms with E-state index in [0.717, 1.165) is 12.2 Å². The summed E-state index contributed by atoms with van der Waals surface area (Å²) in [5.74, 6) is 1.50. The molecular formula is C10H12ClN5. The van der Waals surface area contributed by atoms with Crippen LogP contribution in [0, 0.1) is 0 Å². The SMILES string of the molecule is CCC(Nc1ncncc1Cl)c1ncc[nH]1. The average molecular weight is 238 g/mol. The van der Waals surface area contributed by atoms with Crippen LogP contribution in [0.5, 0.6) is 0 Å². The number of nitrogens with one attached hydrogen (secondary N) is 2. The molecule has 1 unspecified atom stereocenters. The van der Waals surface area contributed by atoms with E-state index in [4.69, 9.17) is 11.6 Å². The van der Waals surface area contributed by atoms with Crippen molar-refractivity contribution in [2.45, 2.75) is 19.4 Å². The van der Waals surface area contributed by atoms with Gasteiger partial charge in [0.2, 0.25) is 0 Å². The van der Waals surface area contributed by atoms with Crippen molar-refractivity contribution in [1.82, 2.24) is 19.9 Å². The highest BCUT2D eigenvalue weighted by Gasteiger charge is 2.13. The minimum Gasteiger partial charge on any atom is -0.359 e. The van der Waals surface area contributed by atoms with E-state index in [2.05, 4.69) is 32.2 Å². The van der Waals surface area contributed by atoms with Crippen LogP contribution in [0.15, 0.2) is 24.9 Å². The number of rotatable bonds is 4. The lowest BCUT2D eigenvalue weighted by molar-refractivity contribution is 0.700. The lowest BCUT2D eigenvalue weighted by Crippen LogP contribution is -2.12. The molecule has 5 nitrogen and oxygen atoms in total. The van der Waals surface area contributed by atoms with Gasteiger partial charge in [0.15, 0.2) is 0 Å². The standard InChI is InChI=1S/C10H12ClN5/c1-2-8(10-13-3-4-14-10)16-9-7(11)5-12-6-15-9/h3-6,8H,2H2,1H3,(H,13,14)(H,12,15,16). The molecule has 16 heavy (non-hydrogen) atoms. The van der Waals surface area contributed by atoms with Crippen LogP contribution in [0.1, 0.15) is 25.2 Å². The number of halogens is 1. The number of hydrogen-bond acceptors (Lipinski definition) is 4. The summed E-state index contributed by atoms with van der Waals surface area (Å²) >= 11 is 5.97. The monoisotopic (exact) mass is 237 g/mol. The van der Waals surface area contributed by atoms with E-state index >= 15 is 0 Å². The molecule has 0 saturated heterocycles. The van der Waals surface area contributed by atoms with Crippen LogP contribution in [0.4, 0.5) is 5.82 Å². The van der Waals surface area contributed by atoms with Crippen molar-refractivity contribution in [3.63, 3.8) is 0 Å². The maximum absolute atomic E-state index is 5.97. The number of anilines is 1. The molecule has 0 radical (unpaired) electrons. The molecule has 84 valence electrons. The maximum Gasteiger partial charge on any atom is 0.148 e. The Balaban J connectivity index is 2.17. The van der Waals surface area contributed by atoms with E-state index in [9.17, 15) is 0 Å². The normalized spacial score (nSPS) is 12.4. The average Bonchev–Trinajstić information content (AvgIpc) is 2.81. The Morgan fingerprint density at radius 2 is 2.38 bits per heavy atom. The highest BCUT2D eigenvalue weighted by Crippen LogP contribution is 2.23. The van der Waals surface area contributed by atoms with Crippen LogP contribution >= 0.6 is 11.6 Å². The zero-order valence-electron chi connectivity index (χ0n) is 8.81. The largest absolute Gasteiger partial charge is 0.359 e. The van der Waals surface area contributed by atoms with Gasteiger partial charge in [0.25, 0.3) is 0 Å². The molecule has 0 amide bonds. The summed E-state index contributed by atoms with van der Waals surface area (Å²) in [5.41, 5.74) is 0. The third-order valence-electron chi connectivity index (χ3n) is 2.24. The molecule has 0 aromatic carbocycles. The molecule has 1 atom stereocenters. The predicted molar refractivity (Wildman–Crippen MR) is 62.3 cm³/mol. The molecule has 0 aliphatic rings. The van der Waals surface area contributed by atoms with Crippen molar-refractivity contribution in [1.29, 1.82) is 0 Å². The van der Waals surface area contributed by atoms with Gasteiger partial charge in [-0.15, -0.1) is 0 Å². The molecule has 0 aliphatic carbocycles. The second kappa shape index (κ2) is 4.94. The highest BCUT2D eigenvalue weighted by atomic mass is 35.5. The van der Waals surface area contributed by atoms with Gasteiger partial charge in [-0.05, 0) is 6.42 Å². The van der Waals surface area contributed by atoms with Crippen molar-refractivity contribution in [3.8, 4) is 0 Å². The fourth-order valence-electron chi connectivity index (χ4n) is 1.42. The summed E-state index contributed by atoms with van der Waals surface area (Å²) in [5, 5.41) is 3.73. The van der Waals surface area contributed by atoms with Gasteiger partial charge in [-0.1, -0.05) is 18.5 Å². The number of nitrogens with zero attached hydrogens (tertiary/aromatic N) is 3. The molecule has 2 N–H and O–H groups in total. The minimum atomic E-state index is 0.0717. The maximum atomic E-state index is 5.97. The molecule has 0 saturated carbocycles. The van der Waals surface area contributed by atoms with E-state index in [-0.39, 0.29) is 6.04 Å². The van der Waals surface area contributed by atoms with Crippen LogP contribution in [-0.2, 0) is 0 Å². The van der Waals surface area contributed by atoms with E-state index in [1.807, 2.05) is 0 Å². The van der Waals surface area contributed by atoms with Gasteiger partial charge >= 0.3 is 0 Å². The van der Waals surface area contributed by atoms with Gasteiger partial charge in [0.1, 0.15) is 23.0 Å². The first-order chi connectivity index (χ1) is 7.81. The molecule has 0 spiro atoms. The molecule has 2 aromatic rings. The van der Waals surface area contributed by atoms with Gasteiger partial charge in [-0.3, -0.25) is 0 Å². The molecule has 0 fully saturated rings. The first-order valence-corrected chi connectivity index (χ1v) is 5.40. The van der Waals surface area contributed by atoms with Gasteiger partial charge < -0.3 is 10.3 Å². The Hall–Kier alpha value is -1.62. The quantitative estimate of drug-likeness (QED) is 0.857. The Morgan fingerprint density at radius 1 is 1.50 bits per heavy atom. The Kier molecular flexibility index (Phi) is 3.36. The van der Waals surface area contributed by atoms with E-state index in [0.29, 0.717) is 10.8 Å². The summed E-state index contributed by atoms with van der Waals surface area (Å²) in [6.07, 6.45) is 7.42. The van der Waals surface area contributed by atoms with E-state index in [1.54, 1.807) is 18.6 Å². The number of imidazole rings is 1. The van der Waals surface area contributed by atoms with Crippen molar-refractivity contribution in [3.05, 3.63) is 35.8 Å². The van der Waals surface area contributed by atoms with Crippen molar-refractivity contribution in [2.75, 3.05) is 5.32 Å². The van der Waals surface area contributed by atoms with Crippen LogP contribution in [0.2, 0.25) is 5.02 Å². The number of aromatic amines is 1. The third-order valence-corrected chi connectivity index (χ3v) is 2.51. The summed E-state index contributed by atoms with van der Waals surface area (Å²) in [7, 11) is 0. The van der Waals surface area contributed by atoms with Gasteiger partial charge in [0.05, 0.1) is 12.2 Å². The van der Waals surface area contributed by atoms with Gasteiger partial charge in [-0.25, -0.2) is 15.0 Å². The van der Waals surface area contributed by atoms with Crippen LogP contribution in [0.25, 0.3) is 0 Å². The zero-order chi connectivity index (χ0) is 11.4. The van der Waals surface area contributed by atoms with Gasteiger partial charge in [-0.2, -0.15) is 0 Å². The van der Waals surface area contributed by atoms with Crippen LogP contribution < -0.4 is 5.32 Å². The Morgan fingerprint density at radius 3 is 3.00 bits per heavy atom. The third kappa shape index (κ3) is 2.30. The summed E-state index contributed by atoms with van der Waals surface area (Å²) < 4.78 is 0. The predicted octanol–water partition coefficient (Wildman–Crippen LogP) is 2.42. The zero-order valence-corrected chi connectivity index (χ0v) is 9.57. The molecule has 0 bridgehead atoms. The first-order valence-electron chi connectivity index (χ1n) is 5.02. The molecule has 6 heteroatoms. The fraction of sp³-hybridized carbons (Fsp3) is 0.300. The second-order valence-corrected chi connectivity index (χ2v) is 3.71. The van der Waals surface area contributed by atoms with Gasteiger partial charge in [0, 0.05) is 12.4 Å². The second-order valence-electron chi connectivity index (χ2n) is 3.30. The van der Waals surface area contributed by atoms with E-state index < -0.39 is 0 Å². The lowest BCUT2D eigenvalue weighted by Gasteiger charge is -2.15. The number of H-pyrrole nitrogens is 1. The van der Waals surface area contributed by atoms with Crippen molar-refractivity contribution < 1.29 is 0 Å². The van der Waals surface area contributed by atoms with Crippen LogP contribution in [0.3, 0.4) is 0 Å². The number of aromatic nitrogens is 4. The molecule has 2 rings (SSSR count). The van der Waals surface area contributed by atoms with Crippen molar-refractivity contribution >= 4 is 17.4 Å².